The molecule has 0 aromatic heterocycles. The van der Waals surface area contributed by atoms with Crippen molar-refractivity contribution >= 4 is 17.7 Å². The first kappa shape index (κ1) is 13.8. The highest BCUT2D eigenvalue weighted by Gasteiger charge is 2.33. The van der Waals surface area contributed by atoms with Crippen LogP contribution in [0.5, 0.6) is 0 Å². The van der Waals surface area contributed by atoms with Gasteiger partial charge in [0.2, 0.25) is 5.91 Å². The Morgan fingerprint density at radius 2 is 2.31 bits per heavy atom. The van der Waals surface area contributed by atoms with E-state index < -0.39 is 0 Å². The molecule has 1 saturated heterocycles. The SMILES string of the molecule is CCC(CSC)N(C)C(=O)C1CCNC1C. The molecule has 94 valence electrons. The van der Waals surface area contributed by atoms with E-state index >= 15 is 0 Å². The van der Waals surface area contributed by atoms with Crippen molar-refractivity contribution < 1.29 is 4.79 Å². The van der Waals surface area contributed by atoms with Gasteiger partial charge in [0.05, 0.1) is 5.92 Å². The Kier molecular flexibility index (Phi) is 5.62. The molecule has 0 spiro atoms. The van der Waals surface area contributed by atoms with Gasteiger partial charge in [-0.25, -0.2) is 0 Å². The number of carbonyl (C=O) groups is 1. The van der Waals surface area contributed by atoms with Crippen LogP contribution in [0.3, 0.4) is 0 Å². The van der Waals surface area contributed by atoms with E-state index in [0.717, 1.165) is 25.1 Å². The zero-order valence-electron chi connectivity index (χ0n) is 10.8. The molecule has 1 aliphatic rings. The lowest BCUT2D eigenvalue weighted by atomic mass is 9.99. The summed E-state index contributed by atoms with van der Waals surface area (Å²) < 4.78 is 0. The quantitative estimate of drug-likeness (QED) is 0.797. The zero-order valence-corrected chi connectivity index (χ0v) is 11.6. The van der Waals surface area contributed by atoms with Crippen LogP contribution in [0.4, 0.5) is 0 Å². The van der Waals surface area contributed by atoms with Gasteiger partial charge in [0.1, 0.15) is 0 Å². The number of hydrogen-bond donors (Lipinski definition) is 1. The van der Waals surface area contributed by atoms with Crippen LogP contribution >= 0.6 is 11.8 Å². The summed E-state index contributed by atoms with van der Waals surface area (Å²) in [5.74, 6) is 1.53. The molecule has 3 atom stereocenters. The minimum atomic E-state index is 0.181. The lowest BCUT2D eigenvalue weighted by Crippen LogP contribution is -2.44. The van der Waals surface area contributed by atoms with Gasteiger partial charge in [-0.05, 0) is 32.6 Å². The van der Waals surface area contributed by atoms with Gasteiger partial charge in [-0.15, -0.1) is 0 Å². The second-order valence-corrected chi connectivity index (χ2v) is 5.52. The third-order valence-corrected chi connectivity index (χ3v) is 4.29. The summed E-state index contributed by atoms with van der Waals surface area (Å²) in [7, 11) is 1.96. The number of carbonyl (C=O) groups excluding carboxylic acids is 1. The number of nitrogens with one attached hydrogen (secondary N) is 1. The third-order valence-electron chi connectivity index (χ3n) is 3.57. The van der Waals surface area contributed by atoms with E-state index in [-0.39, 0.29) is 5.92 Å². The van der Waals surface area contributed by atoms with Gasteiger partial charge < -0.3 is 10.2 Å². The van der Waals surface area contributed by atoms with E-state index in [4.69, 9.17) is 0 Å². The number of rotatable bonds is 5. The second kappa shape index (κ2) is 6.50. The van der Waals surface area contributed by atoms with E-state index in [1.54, 1.807) is 0 Å². The van der Waals surface area contributed by atoms with Crippen molar-refractivity contribution in [3.63, 3.8) is 0 Å². The normalized spacial score (nSPS) is 26.8. The van der Waals surface area contributed by atoms with Crippen LogP contribution in [0.15, 0.2) is 0 Å². The van der Waals surface area contributed by atoms with Crippen molar-refractivity contribution in [1.29, 1.82) is 0 Å². The predicted molar refractivity (Wildman–Crippen MR) is 70.8 cm³/mol. The molecule has 3 nitrogen and oxygen atoms in total. The Balaban J connectivity index is 2.57. The van der Waals surface area contributed by atoms with Crippen LogP contribution in [0, 0.1) is 5.92 Å². The molecule has 1 amide bonds. The topological polar surface area (TPSA) is 32.3 Å². The fourth-order valence-corrected chi connectivity index (χ4v) is 3.18. The minimum absolute atomic E-state index is 0.181. The Morgan fingerprint density at radius 3 is 2.75 bits per heavy atom. The molecule has 0 aromatic carbocycles. The average Bonchev–Trinajstić information content (AvgIpc) is 2.70. The Morgan fingerprint density at radius 1 is 1.62 bits per heavy atom. The molecule has 16 heavy (non-hydrogen) atoms. The molecular weight excluding hydrogens is 220 g/mol. The Hall–Kier alpha value is -0.220. The highest BCUT2D eigenvalue weighted by atomic mass is 32.2. The van der Waals surface area contributed by atoms with Gasteiger partial charge in [0.25, 0.3) is 0 Å². The van der Waals surface area contributed by atoms with Crippen LogP contribution < -0.4 is 5.32 Å². The van der Waals surface area contributed by atoms with Crippen molar-refractivity contribution in [1.82, 2.24) is 10.2 Å². The highest BCUT2D eigenvalue weighted by molar-refractivity contribution is 7.98. The fourth-order valence-electron chi connectivity index (χ4n) is 2.33. The largest absolute Gasteiger partial charge is 0.342 e. The fraction of sp³-hybridized carbons (Fsp3) is 0.917. The summed E-state index contributed by atoms with van der Waals surface area (Å²) >= 11 is 1.81. The molecule has 4 heteroatoms. The molecule has 1 aliphatic heterocycles. The Labute approximate surface area is 103 Å². The highest BCUT2D eigenvalue weighted by Crippen LogP contribution is 2.20. The number of amides is 1. The predicted octanol–water partition coefficient (Wildman–Crippen LogP) is 1.58. The molecule has 1 N–H and O–H groups in total. The maximum Gasteiger partial charge on any atom is 0.227 e. The van der Waals surface area contributed by atoms with Crippen LogP contribution in [0.1, 0.15) is 26.7 Å². The molecule has 0 aliphatic carbocycles. The molecular formula is C12H24N2OS. The first-order valence-corrected chi connectivity index (χ1v) is 7.50. The molecule has 0 aromatic rings. The molecule has 0 bridgehead atoms. The van der Waals surface area contributed by atoms with E-state index in [0.29, 0.717) is 18.0 Å². The van der Waals surface area contributed by atoms with Crippen molar-refractivity contribution in [2.45, 2.75) is 38.8 Å². The summed E-state index contributed by atoms with van der Waals surface area (Å²) in [5, 5.41) is 3.34. The zero-order chi connectivity index (χ0) is 12.1. The molecule has 0 radical (unpaired) electrons. The number of hydrogen-bond acceptors (Lipinski definition) is 3. The summed E-state index contributed by atoms with van der Waals surface area (Å²) in [4.78, 5) is 14.3. The number of nitrogens with zero attached hydrogens (tertiary/aromatic N) is 1. The summed E-state index contributed by atoms with van der Waals surface area (Å²) in [6.07, 6.45) is 4.12. The van der Waals surface area contributed by atoms with Crippen molar-refractivity contribution in [3.05, 3.63) is 0 Å². The van der Waals surface area contributed by atoms with Crippen LogP contribution in [0.2, 0.25) is 0 Å². The lowest BCUT2D eigenvalue weighted by molar-refractivity contribution is -0.136. The first-order valence-electron chi connectivity index (χ1n) is 6.10. The second-order valence-electron chi connectivity index (χ2n) is 4.60. The smallest absolute Gasteiger partial charge is 0.227 e. The van der Waals surface area contributed by atoms with Crippen molar-refractivity contribution in [3.8, 4) is 0 Å². The van der Waals surface area contributed by atoms with Gasteiger partial charge in [-0.1, -0.05) is 6.92 Å². The van der Waals surface area contributed by atoms with Gasteiger partial charge in [0.15, 0.2) is 0 Å². The Bertz CT molecular complexity index is 235. The van der Waals surface area contributed by atoms with Gasteiger partial charge in [-0.2, -0.15) is 11.8 Å². The van der Waals surface area contributed by atoms with Crippen LogP contribution in [-0.2, 0) is 4.79 Å². The van der Waals surface area contributed by atoms with Crippen LogP contribution in [0.25, 0.3) is 0 Å². The lowest BCUT2D eigenvalue weighted by Gasteiger charge is -2.30. The van der Waals surface area contributed by atoms with Gasteiger partial charge in [0, 0.05) is 24.9 Å². The summed E-state index contributed by atoms with van der Waals surface area (Å²) in [5.41, 5.74) is 0. The van der Waals surface area contributed by atoms with Crippen molar-refractivity contribution in [2.75, 3.05) is 25.6 Å². The summed E-state index contributed by atoms with van der Waals surface area (Å²) in [6, 6.07) is 0.719. The van der Waals surface area contributed by atoms with Crippen molar-refractivity contribution in [2.24, 2.45) is 5.92 Å². The maximum absolute atomic E-state index is 12.3. The first-order chi connectivity index (χ1) is 7.61. The average molecular weight is 244 g/mol. The summed E-state index contributed by atoms with van der Waals surface area (Å²) in [6.45, 7) is 5.24. The molecule has 1 rings (SSSR count). The maximum atomic E-state index is 12.3. The molecule has 1 fully saturated rings. The van der Waals surface area contributed by atoms with E-state index in [1.165, 1.54) is 0 Å². The van der Waals surface area contributed by atoms with E-state index in [2.05, 4.69) is 25.4 Å². The van der Waals surface area contributed by atoms with Gasteiger partial charge in [-0.3, -0.25) is 4.79 Å². The molecule has 0 saturated carbocycles. The molecule has 1 heterocycles. The number of thioether (sulfide) groups is 1. The standard InChI is InChI=1S/C12H24N2OS/c1-5-10(8-16-4)14(3)12(15)11-6-7-13-9(11)2/h9-11,13H,5-8H2,1-4H3. The van der Waals surface area contributed by atoms with Gasteiger partial charge >= 0.3 is 0 Å². The van der Waals surface area contributed by atoms with Crippen LogP contribution in [-0.4, -0.2) is 48.5 Å². The minimum Gasteiger partial charge on any atom is -0.342 e. The molecule has 3 unspecified atom stereocenters. The third kappa shape index (κ3) is 3.14. The van der Waals surface area contributed by atoms with E-state index in [9.17, 15) is 4.79 Å². The monoisotopic (exact) mass is 244 g/mol. The van der Waals surface area contributed by atoms with E-state index in [1.807, 2.05) is 23.7 Å².